The van der Waals surface area contributed by atoms with E-state index in [1.807, 2.05) is 18.2 Å². The van der Waals surface area contributed by atoms with Gasteiger partial charge >= 0.3 is 0 Å². The monoisotopic (exact) mass is 486 g/mol. The van der Waals surface area contributed by atoms with Gasteiger partial charge in [0.1, 0.15) is 6.54 Å². The molecule has 1 heterocycles. The van der Waals surface area contributed by atoms with Gasteiger partial charge in [-0.2, -0.15) is 0 Å². The number of hydrogen-bond acceptors (Lipinski definition) is 3. The van der Waals surface area contributed by atoms with E-state index in [0.29, 0.717) is 21.9 Å². The van der Waals surface area contributed by atoms with Gasteiger partial charge < -0.3 is 9.88 Å². The van der Waals surface area contributed by atoms with E-state index in [2.05, 4.69) is 26.1 Å². The molecule has 0 saturated heterocycles. The first kappa shape index (κ1) is 23.8. The van der Waals surface area contributed by atoms with E-state index >= 15 is 0 Å². The van der Waals surface area contributed by atoms with E-state index in [-0.39, 0.29) is 34.6 Å². The molecule has 0 spiro atoms. The van der Waals surface area contributed by atoms with Gasteiger partial charge in [-0.05, 0) is 54.4 Å². The minimum Gasteiger partial charge on any atom is -0.352 e. The largest absolute Gasteiger partial charge is 0.352 e. The maximum absolute atomic E-state index is 13.3. The standard InChI is InChI=1S/C26H31ClN2O3S/c1-18-12-21(14-26(2,3)13-18)28-25(30)16-29-15-24(22-6-4-5-7-23(22)29)33(31,32)17-19-8-10-20(27)11-9-19/h4-11,15,18,21H,12-14,16-17H2,1-3H3,(H,28,30). The minimum absolute atomic E-state index is 0.0856. The molecule has 5 nitrogen and oxygen atoms in total. The number of fused-ring (bicyclic) bond motifs is 1. The summed E-state index contributed by atoms with van der Waals surface area (Å²) in [6.45, 7) is 6.82. The molecule has 1 N–H and O–H groups in total. The Morgan fingerprint density at radius 3 is 2.52 bits per heavy atom. The van der Waals surface area contributed by atoms with Crippen LogP contribution >= 0.6 is 11.6 Å². The highest BCUT2D eigenvalue weighted by molar-refractivity contribution is 7.90. The highest BCUT2D eigenvalue weighted by Crippen LogP contribution is 2.38. The smallest absolute Gasteiger partial charge is 0.240 e. The molecule has 3 aromatic rings. The topological polar surface area (TPSA) is 68.2 Å². The molecule has 1 amide bonds. The normalized spacial score (nSPS) is 20.6. The molecule has 2 unspecified atom stereocenters. The third kappa shape index (κ3) is 5.61. The Balaban J connectivity index is 1.57. The zero-order valence-corrected chi connectivity index (χ0v) is 20.9. The van der Waals surface area contributed by atoms with Crippen LogP contribution < -0.4 is 5.32 Å². The fourth-order valence-corrected chi connectivity index (χ4v) is 7.06. The van der Waals surface area contributed by atoms with Crippen molar-refractivity contribution < 1.29 is 13.2 Å². The van der Waals surface area contributed by atoms with E-state index in [1.165, 1.54) is 0 Å². The quantitative estimate of drug-likeness (QED) is 0.493. The second kappa shape index (κ2) is 9.15. The van der Waals surface area contributed by atoms with Gasteiger partial charge in [-0.15, -0.1) is 0 Å². The van der Waals surface area contributed by atoms with Crippen LogP contribution in [0.5, 0.6) is 0 Å². The number of rotatable bonds is 6. The number of nitrogens with one attached hydrogen (secondary N) is 1. The fourth-order valence-electron chi connectivity index (χ4n) is 5.35. The SMILES string of the molecule is CC1CC(NC(=O)Cn2cc(S(=O)(=O)Cc3ccc(Cl)cc3)c3ccccc32)CC(C)(C)C1. The van der Waals surface area contributed by atoms with E-state index in [4.69, 9.17) is 11.6 Å². The molecule has 0 aliphatic heterocycles. The third-order valence-electron chi connectivity index (χ3n) is 6.42. The van der Waals surface area contributed by atoms with Gasteiger partial charge in [0.05, 0.1) is 10.6 Å². The zero-order valence-electron chi connectivity index (χ0n) is 19.3. The summed E-state index contributed by atoms with van der Waals surface area (Å²) in [5, 5.41) is 4.39. The summed E-state index contributed by atoms with van der Waals surface area (Å²) in [6, 6.07) is 14.3. The first-order chi connectivity index (χ1) is 15.5. The van der Waals surface area contributed by atoms with E-state index in [1.54, 1.807) is 41.1 Å². The summed E-state index contributed by atoms with van der Waals surface area (Å²) in [6.07, 6.45) is 4.69. The average molecular weight is 487 g/mol. The highest BCUT2D eigenvalue weighted by atomic mass is 35.5. The van der Waals surface area contributed by atoms with Gasteiger partial charge in [0, 0.05) is 28.2 Å². The van der Waals surface area contributed by atoms with Crippen molar-refractivity contribution in [2.45, 2.75) is 63.3 Å². The number of nitrogens with zero attached hydrogens (tertiary/aromatic N) is 1. The molecule has 2 atom stereocenters. The lowest BCUT2D eigenvalue weighted by Crippen LogP contribution is -2.44. The van der Waals surface area contributed by atoms with Crippen LogP contribution in [-0.2, 0) is 26.9 Å². The van der Waals surface area contributed by atoms with Gasteiger partial charge in [0.15, 0.2) is 9.84 Å². The molecule has 1 aliphatic rings. The molecule has 1 fully saturated rings. The molecule has 1 saturated carbocycles. The number of amides is 1. The number of sulfone groups is 1. The maximum Gasteiger partial charge on any atom is 0.240 e. The Labute approximate surface area is 201 Å². The second-order valence-corrected chi connectivity index (χ2v) is 12.6. The van der Waals surface area contributed by atoms with Crippen LogP contribution in [0, 0.1) is 11.3 Å². The van der Waals surface area contributed by atoms with Crippen molar-refractivity contribution in [3.05, 3.63) is 65.3 Å². The van der Waals surface area contributed by atoms with Crippen LogP contribution in [0.4, 0.5) is 0 Å². The number of carbonyl (C=O) groups excluding carboxylic acids is 1. The van der Waals surface area contributed by atoms with E-state index in [0.717, 1.165) is 24.8 Å². The van der Waals surface area contributed by atoms with Crippen molar-refractivity contribution in [3.8, 4) is 0 Å². The summed E-state index contributed by atoms with van der Waals surface area (Å²) in [5.74, 6) is 0.350. The van der Waals surface area contributed by atoms with Crippen molar-refractivity contribution in [3.63, 3.8) is 0 Å². The second-order valence-electron chi connectivity index (χ2n) is 10.2. The van der Waals surface area contributed by atoms with Crippen LogP contribution in [0.2, 0.25) is 5.02 Å². The molecule has 7 heteroatoms. The first-order valence-corrected chi connectivity index (χ1v) is 13.4. The molecule has 2 aromatic carbocycles. The molecule has 0 bridgehead atoms. The number of aromatic nitrogens is 1. The van der Waals surface area contributed by atoms with Gasteiger partial charge in [0.25, 0.3) is 0 Å². The van der Waals surface area contributed by atoms with Crippen molar-refractivity contribution in [1.29, 1.82) is 0 Å². The van der Waals surface area contributed by atoms with Gasteiger partial charge in [-0.3, -0.25) is 4.79 Å². The highest BCUT2D eigenvalue weighted by Gasteiger charge is 2.32. The fraction of sp³-hybridized carbons (Fsp3) is 0.423. The van der Waals surface area contributed by atoms with Crippen molar-refractivity contribution in [2.24, 2.45) is 11.3 Å². The van der Waals surface area contributed by atoms with E-state index < -0.39 is 9.84 Å². The predicted molar refractivity (Wildman–Crippen MR) is 133 cm³/mol. The molecule has 1 aliphatic carbocycles. The summed E-state index contributed by atoms with van der Waals surface area (Å²) < 4.78 is 28.3. The predicted octanol–water partition coefficient (Wildman–Crippen LogP) is 5.60. The lowest BCUT2D eigenvalue weighted by Gasteiger charge is -2.39. The maximum atomic E-state index is 13.3. The summed E-state index contributed by atoms with van der Waals surface area (Å²) >= 11 is 5.93. The van der Waals surface area contributed by atoms with Gasteiger partial charge in [-0.1, -0.05) is 62.7 Å². The van der Waals surface area contributed by atoms with Crippen LogP contribution in [0.25, 0.3) is 10.9 Å². The number of benzene rings is 2. The lowest BCUT2D eigenvalue weighted by atomic mass is 9.70. The number of hydrogen-bond donors (Lipinski definition) is 1. The minimum atomic E-state index is -3.61. The summed E-state index contributed by atoms with van der Waals surface area (Å²) in [7, 11) is -3.61. The van der Waals surface area contributed by atoms with Crippen molar-refractivity contribution >= 4 is 38.2 Å². The molecule has 33 heavy (non-hydrogen) atoms. The Bertz CT molecular complexity index is 1260. The Morgan fingerprint density at radius 1 is 1.12 bits per heavy atom. The number of carbonyl (C=O) groups is 1. The van der Waals surface area contributed by atoms with Gasteiger partial charge in [0.2, 0.25) is 5.91 Å². The average Bonchev–Trinajstić information content (AvgIpc) is 3.07. The third-order valence-corrected chi connectivity index (χ3v) is 8.38. The number of halogens is 1. The van der Waals surface area contributed by atoms with Crippen LogP contribution in [0.15, 0.2) is 59.6 Å². The molecular weight excluding hydrogens is 456 g/mol. The first-order valence-electron chi connectivity index (χ1n) is 11.4. The number of para-hydroxylation sites is 1. The van der Waals surface area contributed by atoms with Crippen molar-refractivity contribution in [1.82, 2.24) is 9.88 Å². The Kier molecular flexibility index (Phi) is 6.61. The molecule has 176 valence electrons. The molecule has 4 rings (SSSR count). The van der Waals surface area contributed by atoms with Crippen LogP contribution in [0.3, 0.4) is 0 Å². The Morgan fingerprint density at radius 2 is 1.82 bits per heavy atom. The summed E-state index contributed by atoms with van der Waals surface area (Å²) in [4.78, 5) is 13.2. The van der Waals surface area contributed by atoms with Crippen LogP contribution in [-0.4, -0.2) is 24.9 Å². The van der Waals surface area contributed by atoms with Crippen molar-refractivity contribution in [2.75, 3.05) is 0 Å². The molecule has 0 radical (unpaired) electrons. The molecule has 1 aromatic heterocycles. The zero-order chi connectivity index (χ0) is 23.8. The molecular formula is C26H31ClN2O3S. The van der Waals surface area contributed by atoms with Gasteiger partial charge in [-0.25, -0.2) is 8.42 Å². The van der Waals surface area contributed by atoms with E-state index in [9.17, 15) is 13.2 Å². The van der Waals surface area contributed by atoms with Crippen LogP contribution in [0.1, 0.15) is 45.6 Å². The lowest BCUT2D eigenvalue weighted by molar-refractivity contribution is -0.122. The summed E-state index contributed by atoms with van der Waals surface area (Å²) in [5.41, 5.74) is 1.61. The Hall–Kier alpha value is -2.31.